The quantitative estimate of drug-likeness (QED) is 0.584. The monoisotopic (exact) mass is 442 g/mol. The first-order valence-corrected chi connectivity index (χ1v) is 11.8. The van der Waals surface area contributed by atoms with Crippen LogP contribution in [0.5, 0.6) is 0 Å². The van der Waals surface area contributed by atoms with Crippen molar-refractivity contribution >= 4 is 20.9 Å². The summed E-state index contributed by atoms with van der Waals surface area (Å²) in [5, 5.41) is 10.2. The summed E-state index contributed by atoms with van der Waals surface area (Å²) in [7, 11) is -3.87. The van der Waals surface area contributed by atoms with Crippen LogP contribution in [0.4, 0.5) is 0 Å². The highest BCUT2D eigenvalue weighted by Gasteiger charge is 2.28. The first-order chi connectivity index (χ1) is 14.6. The van der Waals surface area contributed by atoms with E-state index in [2.05, 4.69) is 4.98 Å². The molecule has 3 aromatic rings. The highest BCUT2D eigenvalue weighted by atomic mass is 32.2. The first-order valence-electron chi connectivity index (χ1n) is 10.4. The molecule has 0 aliphatic rings. The SMILES string of the molecule is Cc1cc(C)c(S(=O)(=O)N(CCCO)Cc2cc3c(C)ccc(C)c3[nH]c2=O)c(C)c1. The second-order valence-corrected chi connectivity index (χ2v) is 10.1. The van der Waals surface area contributed by atoms with Crippen molar-refractivity contribution in [2.24, 2.45) is 0 Å². The molecule has 2 N–H and O–H groups in total. The van der Waals surface area contributed by atoms with Crippen molar-refractivity contribution in [3.05, 3.63) is 74.1 Å². The molecular weight excluding hydrogens is 412 g/mol. The molecule has 7 heteroatoms. The topological polar surface area (TPSA) is 90.5 Å². The molecule has 6 nitrogen and oxygen atoms in total. The third-order valence-corrected chi connectivity index (χ3v) is 7.79. The molecule has 0 radical (unpaired) electrons. The van der Waals surface area contributed by atoms with E-state index in [0.717, 1.165) is 27.6 Å². The zero-order valence-electron chi connectivity index (χ0n) is 18.7. The van der Waals surface area contributed by atoms with Crippen molar-refractivity contribution in [1.29, 1.82) is 0 Å². The van der Waals surface area contributed by atoms with Gasteiger partial charge in [0.1, 0.15) is 0 Å². The normalized spacial score (nSPS) is 12.1. The van der Waals surface area contributed by atoms with E-state index in [-0.39, 0.29) is 36.6 Å². The summed E-state index contributed by atoms with van der Waals surface area (Å²) >= 11 is 0. The molecule has 166 valence electrons. The summed E-state index contributed by atoms with van der Waals surface area (Å²) < 4.78 is 28.5. The lowest BCUT2D eigenvalue weighted by Crippen LogP contribution is -2.35. The minimum atomic E-state index is -3.87. The van der Waals surface area contributed by atoms with Crippen molar-refractivity contribution in [1.82, 2.24) is 9.29 Å². The van der Waals surface area contributed by atoms with E-state index >= 15 is 0 Å². The molecule has 0 amide bonds. The first kappa shape index (κ1) is 23.2. The minimum Gasteiger partial charge on any atom is -0.396 e. The smallest absolute Gasteiger partial charge is 0.252 e. The van der Waals surface area contributed by atoms with Crippen molar-refractivity contribution in [3.63, 3.8) is 0 Å². The van der Waals surface area contributed by atoms with Gasteiger partial charge in [-0.3, -0.25) is 4.79 Å². The fourth-order valence-corrected chi connectivity index (χ4v) is 6.03. The van der Waals surface area contributed by atoms with E-state index in [1.54, 1.807) is 19.9 Å². The summed E-state index contributed by atoms with van der Waals surface area (Å²) in [6.07, 6.45) is 0.285. The lowest BCUT2D eigenvalue weighted by atomic mass is 10.0. The van der Waals surface area contributed by atoms with Crippen LogP contribution in [0.15, 0.2) is 40.0 Å². The maximum absolute atomic E-state index is 13.6. The van der Waals surface area contributed by atoms with Gasteiger partial charge in [-0.05, 0) is 69.4 Å². The predicted molar refractivity (Wildman–Crippen MR) is 124 cm³/mol. The molecular formula is C24H30N2O4S. The Hall–Kier alpha value is -2.48. The van der Waals surface area contributed by atoms with Gasteiger partial charge in [0.25, 0.3) is 5.56 Å². The van der Waals surface area contributed by atoms with Crippen molar-refractivity contribution < 1.29 is 13.5 Å². The highest BCUT2D eigenvalue weighted by molar-refractivity contribution is 7.89. The van der Waals surface area contributed by atoms with Crippen LogP contribution in [-0.4, -0.2) is 36.0 Å². The van der Waals surface area contributed by atoms with E-state index in [9.17, 15) is 18.3 Å². The number of aromatic amines is 1. The summed E-state index contributed by atoms with van der Waals surface area (Å²) in [6, 6.07) is 9.41. The summed E-state index contributed by atoms with van der Waals surface area (Å²) in [5.74, 6) is 0. The Bertz CT molecular complexity index is 1270. The predicted octanol–water partition coefficient (Wildman–Crippen LogP) is 3.64. The molecule has 0 aliphatic heterocycles. The van der Waals surface area contributed by atoms with Gasteiger partial charge in [0.15, 0.2) is 0 Å². The molecule has 1 heterocycles. The fourth-order valence-electron chi connectivity index (χ4n) is 4.16. The minimum absolute atomic E-state index is 0.0618. The number of nitrogens with zero attached hydrogens (tertiary/aromatic N) is 1. The lowest BCUT2D eigenvalue weighted by Gasteiger charge is -2.24. The number of aliphatic hydroxyl groups excluding tert-OH is 1. The lowest BCUT2D eigenvalue weighted by molar-refractivity contribution is 0.267. The van der Waals surface area contributed by atoms with Gasteiger partial charge in [-0.25, -0.2) is 8.42 Å². The molecule has 0 unspecified atom stereocenters. The van der Waals surface area contributed by atoms with Gasteiger partial charge in [0, 0.05) is 30.6 Å². The van der Waals surface area contributed by atoms with E-state index in [4.69, 9.17) is 0 Å². The Morgan fingerprint density at radius 2 is 1.55 bits per heavy atom. The third kappa shape index (κ3) is 4.59. The maximum Gasteiger partial charge on any atom is 0.252 e. The number of fused-ring (bicyclic) bond motifs is 1. The average molecular weight is 443 g/mol. The number of benzene rings is 2. The number of aromatic nitrogens is 1. The summed E-state index contributed by atoms with van der Waals surface area (Å²) in [5.41, 5.74) is 5.15. The molecule has 0 bridgehead atoms. The Labute approximate surface area is 183 Å². The number of pyridine rings is 1. The number of hydrogen-bond donors (Lipinski definition) is 2. The number of nitrogens with one attached hydrogen (secondary N) is 1. The standard InChI is InChI=1S/C24H30N2O4S/c1-15-11-18(4)23(19(5)12-15)31(29,30)26(9-6-10-27)14-20-13-21-16(2)7-8-17(3)22(21)25-24(20)28/h7-8,11-13,27H,6,9-10,14H2,1-5H3,(H,25,28). The van der Waals surface area contributed by atoms with Crippen LogP contribution in [-0.2, 0) is 16.6 Å². The Kier molecular flexibility index (Phi) is 6.69. The van der Waals surface area contributed by atoms with Crippen LogP contribution in [0.1, 0.15) is 39.8 Å². The second kappa shape index (κ2) is 8.94. The maximum atomic E-state index is 13.6. The molecule has 0 aliphatic carbocycles. The summed E-state index contributed by atoms with van der Waals surface area (Å²) in [4.78, 5) is 16.0. The van der Waals surface area contributed by atoms with Crippen molar-refractivity contribution in [3.8, 4) is 0 Å². The van der Waals surface area contributed by atoms with Crippen LogP contribution in [0, 0.1) is 34.6 Å². The highest BCUT2D eigenvalue weighted by Crippen LogP contribution is 2.27. The summed E-state index contributed by atoms with van der Waals surface area (Å²) in [6.45, 7) is 9.31. The van der Waals surface area contributed by atoms with E-state index in [1.165, 1.54) is 4.31 Å². The molecule has 0 saturated carbocycles. The number of aliphatic hydroxyl groups is 1. The van der Waals surface area contributed by atoms with Crippen LogP contribution < -0.4 is 5.56 Å². The van der Waals surface area contributed by atoms with Gasteiger partial charge in [0.05, 0.1) is 10.4 Å². The molecule has 31 heavy (non-hydrogen) atoms. The van der Waals surface area contributed by atoms with Crippen LogP contribution in [0.2, 0.25) is 0 Å². The van der Waals surface area contributed by atoms with Gasteiger partial charge in [-0.2, -0.15) is 4.31 Å². The van der Waals surface area contributed by atoms with Gasteiger partial charge in [0.2, 0.25) is 10.0 Å². The van der Waals surface area contributed by atoms with E-state index in [0.29, 0.717) is 16.7 Å². The van der Waals surface area contributed by atoms with E-state index < -0.39 is 10.0 Å². The zero-order chi connectivity index (χ0) is 22.9. The zero-order valence-corrected chi connectivity index (χ0v) is 19.6. The van der Waals surface area contributed by atoms with Crippen molar-refractivity contribution in [2.75, 3.05) is 13.2 Å². The molecule has 0 atom stereocenters. The van der Waals surface area contributed by atoms with Gasteiger partial charge >= 0.3 is 0 Å². The largest absolute Gasteiger partial charge is 0.396 e. The molecule has 1 aromatic heterocycles. The molecule has 2 aromatic carbocycles. The molecule has 3 rings (SSSR count). The Morgan fingerprint density at radius 3 is 2.16 bits per heavy atom. The van der Waals surface area contributed by atoms with Crippen molar-refractivity contribution in [2.45, 2.75) is 52.5 Å². The number of rotatable bonds is 7. The van der Waals surface area contributed by atoms with Gasteiger partial charge < -0.3 is 10.1 Å². The van der Waals surface area contributed by atoms with Crippen LogP contribution in [0.3, 0.4) is 0 Å². The molecule has 0 saturated heterocycles. The third-order valence-electron chi connectivity index (χ3n) is 5.64. The molecule has 0 spiro atoms. The van der Waals surface area contributed by atoms with E-state index in [1.807, 2.05) is 45.0 Å². The average Bonchev–Trinajstić information content (AvgIpc) is 2.67. The number of H-pyrrole nitrogens is 1. The fraction of sp³-hybridized carbons (Fsp3) is 0.375. The second-order valence-electron chi connectivity index (χ2n) is 8.26. The number of sulfonamides is 1. The number of hydrogen-bond acceptors (Lipinski definition) is 4. The Morgan fingerprint density at radius 1 is 0.935 bits per heavy atom. The number of aryl methyl sites for hydroxylation is 5. The van der Waals surface area contributed by atoms with Crippen LogP contribution >= 0.6 is 0 Å². The molecule has 0 fully saturated rings. The van der Waals surface area contributed by atoms with Gasteiger partial charge in [-0.15, -0.1) is 0 Å². The van der Waals surface area contributed by atoms with Gasteiger partial charge in [-0.1, -0.05) is 29.8 Å². The van der Waals surface area contributed by atoms with Crippen LogP contribution in [0.25, 0.3) is 10.9 Å². The Balaban J connectivity index is 2.12.